The second-order valence-electron chi connectivity index (χ2n) is 7.32. The highest BCUT2D eigenvalue weighted by Gasteiger charge is 2.54. The molecule has 1 heterocycles. The Hall–Kier alpha value is -1.16. The fourth-order valence-corrected chi connectivity index (χ4v) is 4.21. The van der Waals surface area contributed by atoms with Crippen molar-refractivity contribution < 1.29 is 4.74 Å². The molecule has 118 valence electrons. The predicted octanol–water partition coefficient (Wildman–Crippen LogP) is 2.46. The molecule has 0 atom stereocenters. The minimum Gasteiger partial charge on any atom is -0.476 e. The molecule has 0 aromatic rings. The maximum Gasteiger partial charge on any atom is 0.184 e. The minimum atomic E-state index is 0.307. The van der Waals surface area contributed by atoms with Crippen LogP contribution >= 0.6 is 0 Å². The lowest BCUT2D eigenvalue weighted by Gasteiger charge is -2.61. The van der Waals surface area contributed by atoms with Gasteiger partial charge in [0.15, 0.2) is 5.88 Å². The number of nitrogens with two attached hydrogens (primary N) is 2. The number of allylic oxidation sites excluding steroid dienone is 3. The molecular weight excluding hydrogens is 262 g/mol. The van der Waals surface area contributed by atoms with Gasteiger partial charge in [0.05, 0.1) is 0 Å². The first-order chi connectivity index (χ1) is 10.1. The van der Waals surface area contributed by atoms with Gasteiger partial charge >= 0.3 is 0 Å². The van der Waals surface area contributed by atoms with Crippen LogP contribution in [0.5, 0.6) is 0 Å². The Bertz CT molecular complexity index is 419. The van der Waals surface area contributed by atoms with Crippen molar-refractivity contribution in [3.63, 3.8) is 0 Å². The zero-order chi connectivity index (χ0) is 14.9. The molecule has 4 heteroatoms. The van der Waals surface area contributed by atoms with Gasteiger partial charge in [-0.25, -0.2) is 0 Å². The third-order valence-corrected chi connectivity index (χ3v) is 5.30. The molecule has 0 amide bonds. The fourth-order valence-electron chi connectivity index (χ4n) is 4.21. The molecule has 21 heavy (non-hydrogen) atoms. The van der Waals surface area contributed by atoms with Crippen molar-refractivity contribution in [2.24, 2.45) is 16.9 Å². The highest BCUT2D eigenvalue weighted by Crippen LogP contribution is 2.51. The van der Waals surface area contributed by atoms with E-state index in [9.17, 15) is 0 Å². The smallest absolute Gasteiger partial charge is 0.184 e. The third-order valence-electron chi connectivity index (χ3n) is 5.30. The quantitative estimate of drug-likeness (QED) is 0.617. The summed E-state index contributed by atoms with van der Waals surface area (Å²) >= 11 is 0. The molecule has 3 rings (SSSR count). The number of rotatable bonds is 4. The summed E-state index contributed by atoms with van der Waals surface area (Å²) in [7, 11) is 0. The van der Waals surface area contributed by atoms with Gasteiger partial charge in [-0.1, -0.05) is 19.3 Å². The van der Waals surface area contributed by atoms with Crippen molar-refractivity contribution in [2.45, 2.75) is 64.0 Å². The van der Waals surface area contributed by atoms with Crippen molar-refractivity contribution in [3.05, 3.63) is 23.7 Å². The van der Waals surface area contributed by atoms with Crippen LogP contribution in [0.1, 0.15) is 51.9 Å². The van der Waals surface area contributed by atoms with Gasteiger partial charge in [-0.2, -0.15) is 0 Å². The Morgan fingerprint density at radius 2 is 1.76 bits per heavy atom. The van der Waals surface area contributed by atoms with Crippen molar-refractivity contribution in [3.8, 4) is 0 Å². The zero-order valence-electron chi connectivity index (χ0n) is 13.2. The summed E-state index contributed by atoms with van der Waals surface area (Å²) in [6.45, 7) is 4.41. The van der Waals surface area contributed by atoms with Gasteiger partial charge in [-0.05, 0) is 44.8 Å². The van der Waals surface area contributed by atoms with Crippen LogP contribution in [0.15, 0.2) is 23.7 Å². The van der Waals surface area contributed by atoms with Crippen LogP contribution in [-0.2, 0) is 4.74 Å². The lowest BCUT2D eigenvalue weighted by atomic mass is 9.61. The standard InChI is InChI=1S/C17H29N3O/c1-13(18)7-8-16(19)21-15-9-17(10-15)11-20(12-17)14-5-3-2-4-6-14/h7-8,14-15H,2-6,9-12,18-19H2,1H3/b13-7-,16-8+. The molecular formula is C17H29N3O. The molecule has 0 aromatic carbocycles. The van der Waals surface area contributed by atoms with E-state index in [1.807, 2.05) is 6.92 Å². The first-order valence-corrected chi connectivity index (χ1v) is 8.37. The lowest BCUT2D eigenvalue weighted by molar-refractivity contribution is -0.152. The maximum atomic E-state index is 5.85. The summed E-state index contributed by atoms with van der Waals surface area (Å²) in [4.78, 5) is 2.70. The van der Waals surface area contributed by atoms with Gasteiger partial charge in [0.1, 0.15) is 6.10 Å². The van der Waals surface area contributed by atoms with Crippen molar-refractivity contribution >= 4 is 0 Å². The van der Waals surface area contributed by atoms with Crippen LogP contribution in [-0.4, -0.2) is 30.1 Å². The van der Waals surface area contributed by atoms with Gasteiger partial charge in [0.25, 0.3) is 0 Å². The molecule has 1 saturated heterocycles. The number of hydrogen-bond donors (Lipinski definition) is 2. The molecule has 2 saturated carbocycles. The Labute approximate surface area is 128 Å². The van der Waals surface area contributed by atoms with E-state index in [1.165, 1.54) is 45.2 Å². The highest BCUT2D eigenvalue weighted by molar-refractivity contribution is 5.12. The molecule has 2 aliphatic carbocycles. The van der Waals surface area contributed by atoms with E-state index >= 15 is 0 Å². The first-order valence-electron chi connectivity index (χ1n) is 8.37. The van der Waals surface area contributed by atoms with Gasteiger partial charge in [0, 0.05) is 30.2 Å². The van der Waals surface area contributed by atoms with Crippen molar-refractivity contribution in [1.29, 1.82) is 0 Å². The van der Waals surface area contributed by atoms with Crippen LogP contribution in [0.25, 0.3) is 0 Å². The molecule has 0 unspecified atom stereocenters. The van der Waals surface area contributed by atoms with E-state index in [0.717, 1.165) is 24.6 Å². The Kier molecular flexibility index (Phi) is 4.16. The Morgan fingerprint density at radius 1 is 1.10 bits per heavy atom. The zero-order valence-corrected chi connectivity index (χ0v) is 13.2. The summed E-state index contributed by atoms with van der Waals surface area (Å²) in [5.74, 6) is 0.489. The average Bonchev–Trinajstić information content (AvgIpc) is 2.38. The SMILES string of the molecule is C/C(N)=C/C=C(\N)OC1CC2(C1)CN(C1CCCCC1)C2. The lowest BCUT2D eigenvalue weighted by Crippen LogP contribution is -2.66. The normalized spacial score (nSPS) is 28.2. The van der Waals surface area contributed by atoms with Crippen molar-refractivity contribution in [2.75, 3.05) is 13.1 Å². The predicted molar refractivity (Wildman–Crippen MR) is 85.2 cm³/mol. The second kappa shape index (κ2) is 5.91. The van der Waals surface area contributed by atoms with Crippen LogP contribution < -0.4 is 11.5 Å². The Balaban J connectivity index is 1.39. The molecule has 3 aliphatic rings. The summed E-state index contributed by atoms with van der Waals surface area (Å²) in [6.07, 6.45) is 13.3. The highest BCUT2D eigenvalue weighted by atomic mass is 16.5. The topological polar surface area (TPSA) is 64.5 Å². The third kappa shape index (κ3) is 3.37. The summed E-state index contributed by atoms with van der Waals surface area (Å²) in [5, 5.41) is 0. The van der Waals surface area contributed by atoms with E-state index in [1.54, 1.807) is 12.2 Å². The van der Waals surface area contributed by atoms with Gasteiger partial charge in [-0.3, -0.25) is 4.90 Å². The molecule has 4 nitrogen and oxygen atoms in total. The van der Waals surface area contributed by atoms with Gasteiger partial charge in [-0.15, -0.1) is 0 Å². The molecule has 1 spiro atoms. The number of nitrogens with zero attached hydrogens (tertiary/aromatic N) is 1. The molecule has 0 bridgehead atoms. The first kappa shape index (κ1) is 14.8. The summed E-state index contributed by atoms with van der Waals surface area (Å²) in [6, 6.07) is 0.868. The number of likely N-dealkylation sites (tertiary alicyclic amines) is 1. The second-order valence-corrected chi connectivity index (χ2v) is 7.32. The van der Waals surface area contributed by atoms with Gasteiger partial charge < -0.3 is 16.2 Å². The van der Waals surface area contributed by atoms with Crippen LogP contribution in [0.4, 0.5) is 0 Å². The van der Waals surface area contributed by atoms with E-state index in [2.05, 4.69) is 4.90 Å². The average molecular weight is 291 g/mol. The molecule has 0 radical (unpaired) electrons. The maximum absolute atomic E-state index is 5.85. The molecule has 1 aliphatic heterocycles. The monoisotopic (exact) mass is 291 g/mol. The number of ether oxygens (including phenoxy) is 1. The van der Waals surface area contributed by atoms with E-state index in [-0.39, 0.29) is 0 Å². The van der Waals surface area contributed by atoms with E-state index in [4.69, 9.17) is 16.2 Å². The van der Waals surface area contributed by atoms with E-state index < -0.39 is 0 Å². The Morgan fingerprint density at radius 3 is 2.38 bits per heavy atom. The summed E-state index contributed by atoms with van der Waals surface area (Å²) < 4.78 is 5.77. The molecule has 0 aromatic heterocycles. The van der Waals surface area contributed by atoms with Crippen LogP contribution in [0, 0.1) is 5.41 Å². The molecule has 3 fully saturated rings. The minimum absolute atomic E-state index is 0.307. The largest absolute Gasteiger partial charge is 0.476 e. The van der Waals surface area contributed by atoms with E-state index in [0.29, 0.717) is 17.4 Å². The number of hydrogen-bond acceptors (Lipinski definition) is 4. The van der Waals surface area contributed by atoms with Crippen LogP contribution in [0.2, 0.25) is 0 Å². The fraction of sp³-hybridized carbons (Fsp3) is 0.765. The summed E-state index contributed by atoms with van der Waals surface area (Å²) in [5.41, 5.74) is 12.7. The van der Waals surface area contributed by atoms with Crippen LogP contribution in [0.3, 0.4) is 0 Å². The van der Waals surface area contributed by atoms with Crippen molar-refractivity contribution in [1.82, 2.24) is 4.90 Å². The molecule has 4 N–H and O–H groups in total. The van der Waals surface area contributed by atoms with Gasteiger partial charge in [0.2, 0.25) is 0 Å².